The number of benzene rings is 1. The molecule has 0 amide bonds. The van der Waals surface area contributed by atoms with Gasteiger partial charge in [0.15, 0.2) is 11.6 Å². The second-order valence-corrected chi connectivity index (χ2v) is 4.58. The number of aliphatic hydroxyl groups excluding tert-OH is 1. The third-order valence-electron chi connectivity index (χ3n) is 2.12. The summed E-state index contributed by atoms with van der Waals surface area (Å²) in [6.45, 7) is 0.160. The zero-order valence-electron chi connectivity index (χ0n) is 8.83. The first-order valence-corrected chi connectivity index (χ1v) is 6.19. The summed E-state index contributed by atoms with van der Waals surface area (Å²) in [6, 6.07) is 3.41. The van der Waals surface area contributed by atoms with Gasteiger partial charge in [0.05, 0.1) is 0 Å². The molecular weight excluding hydrogens is 232 g/mol. The molecule has 1 atom stereocenters. The third-order valence-corrected chi connectivity index (χ3v) is 3.29. The van der Waals surface area contributed by atoms with Gasteiger partial charge in [0.2, 0.25) is 0 Å². The topological polar surface area (TPSA) is 46.2 Å². The predicted octanol–water partition coefficient (Wildman–Crippen LogP) is 2.08. The Morgan fingerprint density at radius 2 is 2.06 bits per heavy atom. The highest BCUT2D eigenvalue weighted by molar-refractivity contribution is 7.99. The van der Waals surface area contributed by atoms with Crippen LogP contribution in [0.25, 0.3) is 0 Å². The molecule has 0 aromatic heterocycles. The average Bonchev–Trinajstić information content (AvgIpc) is 2.28. The van der Waals surface area contributed by atoms with Crippen molar-refractivity contribution < 1.29 is 13.9 Å². The van der Waals surface area contributed by atoms with E-state index in [-0.39, 0.29) is 12.6 Å². The number of hydrogen-bond donors (Lipinski definition) is 2. The van der Waals surface area contributed by atoms with E-state index in [4.69, 9.17) is 10.8 Å². The van der Waals surface area contributed by atoms with Crippen molar-refractivity contribution in [1.29, 1.82) is 0 Å². The van der Waals surface area contributed by atoms with E-state index in [0.717, 1.165) is 24.3 Å². The van der Waals surface area contributed by atoms with Crippen molar-refractivity contribution in [3.63, 3.8) is 0 Å². The molecule has 1 aromatic carbocycles. The summed E-state index contributed by atoms with van der Waals surface area (Å²) >= 11 is 1.59. The molecule has 1 rings (SSSR count). The molecule has 0 radical (unpaired) electrons. The van der Waals surface area contributed by atoms with Crippen LogP contribution in [0.5, 0.6) is 0 Å². The van der Waals surface area contributed by atoms with Gasteiger partial charge in [-0.3, -0.25) is 0 Å². The van der Waals surface area contributed by atoms with Crippen LogP contribution in [0.15, 0.2) is 18.2 Å². The van der Waals surface area contributed by atoms with Crippen molar-refractivity contribution in [3.05, 3.63) is 35.4 Å². The van der Waals surface area contributed by atoms with Gasteiger partial charge in [-0.15, -0.1) is 0 Å². The highest BCUT2D eigenvalue weighted by Crippen LogP contribution is 2.18. The molecule has 0 aliphatic rings. The monoisotopic (exact) mass is 247 g/mol. The highest BCUT2D eigenvalue weighted by Gasteiger charge is 2.09. The maximum atomic E-state index is 12.9. The smallest absolute Gasteiger partial charge is 0.159 e. The molecule has 0 heterocycles. The van der Waals surface area contributed by atoms with Gasteiger partial charge in [0.1, 0.15) is 0 Å². The SMILES string of the molecule is NC(CSCCCO)c1ccc(F)c(F)c1. The third kappa shape index (κ3) is 4.08. The Labute approximate surface area is 97.8 Å². The molecule has 1 aromatic rings. The summed E-state index contributed by atoms with van der Waals surface area (Å²) in [5, 5.41) is 8.58. The quantitative estimate of drug-likeness (QED) is 0.757. The molecule has 1 unspecified atom stereocenters. The summed E-state index contributed by atoms with van der Waals surface area (Å²) in [6.07, 6.45) is 0.717. The molecule has 16 heavy (non-hydrogen) atoms. The van der Waals surface area contributed by atoms with Crippen molar-refractivity contribution in [1.82, 2.24) is 0 Å². The minimum absolute atomic E-state index is 0.160. The zero-order chi connectivity index (χ0) is 12.0. The average molecular weight is 247 g/mol. The van der Waals surface area contributed by atoms with E-state index in [2.05, 4.69) is 0 Å². The van der Waals surface area contributed by atoms with Gasteiger partial charge >= 0.3 is 0 Å². The van der Waals surface area contributed by atoms with Gasteiger partial charge in [-0.25, -0.2) is 8.78 Å². The minimum atomic E-state index is -0.867. The van der Waals surface area contributed by atoms with Gasteiger partial charge in [-0.1, -0.05) is 6.07 Å². The summed E-state index contributed by atoms with van der Waals surface area (Å²) < 4.78 is 25.6. The zero-order valence-corrected chi connectivity index (χ0v) is 9.64. The van der Waals surface area contributed by atoms with E-state index >= 15 is 0 Å². The number of aliphatic hydroxyl groups is 1. The first kappa shape index (κ1) is 13.4. The lowest BCUT2D eigenvalue weighted by molar-refractivity contribution is 0.296. The van der Waals surface area contributed by atoms with Crippen LogP contribution in [-0.4, -0.2) is 23.2 Å². The van der Waals surface area contributed by atoms with Crippen LogP contribution < -0.4 is 5.73 Å². The van der Waals surface area contributed by atoms with Crippen LogP contribution in [0.2, 0.25) is 0 Å². The molecule has 0 aliphatic carbocycles. The first-order valence-electron chi connectivity index (χ1n) is 5.04. The largest absolute Gasteiger partial charge is 0.396 e. The van der Waals surface area contributed by atoms with Crippen LogP contribution in [0.3, 0.4) is 0 Å². The Kier molecular flexibility index (Phi) is 5.73. The minimum Gasteiger partial charge on any atom is -0.396 e. The Hall–Kier alpha value is -0.650. The number of nitrogens with two attached hydrogens (primary N) is 1. The molecule has 90 valence electrons. The summed E-state index contributed by atoms with van der Waals surface area (Å²) in [5.41, 5.74) is 6.42. The lowest BCUT2D eigenvalue weighted by atomic mass is 10.1. The molecular formula is C11H15F2NOS. The lowest BCUT2D eigenvalue weighted by Crippen LogP contribution is -2.13. The number of rotatable bonds is 6. The van der Waals surface area contributed by atoms with Crippen molar-refractivity contribution in [2.45, 2.75) is 12.5 Å². The molecule has 2 nitrogen and oxygen atoms in total. The van der Waals surface area contributed by atoms with Crippen LogP contribution in [0, 0.1) is 11.6 Å². The standard InChI is InChI=1S/C11H15F2NOS/c12-9-3-2-8(6-10(9)13)11(14)7-16-5-1-4-15/h2-3,6,11,15H,1,4-5,7,14H2. The van der Waals surface area contributed by atoms with E-state index in [9.17, 15) is 8.78 Å². The first-order chi connectivity index (χ1) is 7.65. The highest BCUT2D eigenvalue weighted by atomic mass is 32.2. The molecule has 0 saturated heterocycles. The van der Waals surface area contributed by atoms with Gasteiger partial charge in [0.25, 0.3) is 0 Å². The van der Waals surface area contributed by atoms with Crippen LogP contribution in [0.1, 0.15) is 18.0 Å². The van der Waals surface area contributed by atoms with E-state index in [1.54, 1.807) is 11.8 Å². The van der Waals surface area contributed by atoms with E-state index in [0.29, 0.717) is 11.3 Å². The van der Waals surface area contributed by atoms with E-state index in [1.807, 2.05) is 0 Å². The maximum Gasteiger partial charge on any atom is 0.159 e. The fraction of sp³-hybridized carbons (Fsp3) is 0.455. The Morgan fingerprint density at radius 1 is 1.31 bits per heavy atom. The summed E-state index contributed by atoms with van der Waals surface area (Å²) in [5.74, 6) is -0.281. The molecule has 0 saturated carbocycles. The molecule has 0 spiro atoms. The van der Waals surface area contributed by atoms with Gasteiger partial charge < -0.3 is 10.8 Å². The van der Waals surface area contributed by atoms with Crippen LogP contribution in [-0.2, 0) is 0 Å². The second-order valence-electron chi connectivity index (χ2n) is 3.43. The van der Waals surface area contributed by atoms with Crippen molar-refractivity contribution in [3.8, 4) is 0 Å². The maximum absolute atomic E-state index is 12.9. The summed E-state index contributed by atoms with van der Waals surface area (Å²) in [4.78, 5) is 0. The summed E-state index contributed by atoms with van der Waals surface area (Å²) in [7, 11) is 0. The molecule has 0 aliphatic heterocycles. The van der Waals surface area contributed by atoms with Gasteiger partial charge in [-0.05, 0) is 29.9 Å². The number of thioether (sulfide) groups is 1. The van der Waals surface area contributed by atoms with Gasteiger partial charge in [-0.2, -0.15) is 11.8 Å². The Morgan fingerprint density at radius 3 is 2.69 bits per heavy atom. The second kappa shape index (κ2) is 6.83. The number of hydrogen-bond acceptors (Lipinski definition) is 3. The molecule has 5 heteroatoms. The predicted molar refractivity (Wildman–Crippen MR) is 62.3 cm³/mol. The Bertz CT molecular complexity index is 336. The van der Waals surface area contributed by atoms with Gasteiger partial charge in [0, 0.05) is 18.4 Å². The fourth-order valence-corrected chi connectivity index (χ4v) is 2.16. The van der Waals surface area contributed by atoms with Crippen LogP contribution in [0.4, 0.5) is 8.78 Å². The Balaban J connectivity index is 2.46. The van der Waals surface area contributed by atoms with E-state index in [1.165, 1.54) is 6.07 Å². The normalized spacial score (nSPS) is 12.8. The van der Waals surface area contributed by atoms with Crippen molar-refractivity contribution >= 4 is 11.8 Å². The molecule has 0 fully saturated rings. The molecule has 0 bridgehead atoms. The van der Waals surface area contributed by atoms with E-state index < -0.39 is 11.6 Å². The molecule has 3 N–H and O–H groups in total. The fourth-order valence-electron chi connectivity index (χ4n) is 1.22. The van der Waals surface area contributed by atoms with Crippen molar-refractivity contribution in [2.24, 2.45) is 5.73 Å². The number of halogens is 2. The van der Waals surface area contributed by atoms with Crippen molar-refractivity contribution in [2.75, 3.05) is 18.1 Å². The lowest BCUT2D eigenvalue weighted by Gasteiger charge is -2.11. The van der Waals surface area contributed by atoms with Crippen LogP contribution >= 0.6 is 11.8 Å².